The molecule has 25 heavy (non-hydrogen) atoms. The number of methoxy groups -OCH3 is 1. The Morgan fingerprint density at radius 3 is 2.56 bits per heavy atom. The molecule has 0 radical (unpaired) electrons. The van der Waals surface area contributed by atoms with Gasteiger partial charge in [0.25, 0.3) is 10.2 Å². The number of hydrogen-bond acceptors (Lipinski definition) is 4. The van der Waals surface area contributed by atoms with E-state index in [0.717, 1.165) is 37.0 Å². The van der Waals surface area contributed by atoms with Crippen molar-refractivity contribution in [2.24, 2.45) is 0 Å². The molecule has 6 nitrogen and oxygen atoms in total. The number of hydrogen-bond donors (Lipinski definition) is 1. The van der Waals surface area contributed by atoms with E-state index in [1.807, 2.05) is 6.92 Å². The first kappa shape index (κ1) is 18.4. The number of benzene rings is 1. The molecule has 1 saturated heterocycles. The molecule has 0 bridgehead atoms. The summed E-state index contributed by atoms with van der Waals surface area (Å²) in [4.78, 5) is 12.9. The normalized spacial score (nSPS) is 22.4. The van der Waals surface area contributed by atoms with E-state index in [9.17, 15) is 13.2 Å². The molecule has 1 saturated carbocycles. The Labute approximate surface area is 149 Å². The van der Waals surface area contributed by atoms with E-state index < -0.39 is 16.3 Å². The van der Waals surface area contributed by atoms with Crippen LogP contribution in [-0.2, 0) is 10.2 Å². The molecule has 1 aliphatic heterocycles. The molecule has 3 rings (SSSR count). The third kappa shape index (κ3) is 3.88. The van der Waals surface area contributed by atoms with Gasteiger partial charge >= 0.3 is 0 Å². The Bertz CT molecular complexity index is 741. The molecular formula is C18H26N2O4S. The molecule has 1 heterocycles. The van der Waals surface area contributed by atoms with Gasteiger partial charge in [-0.3, -0.25) is 4.79 Å². The van der Waals surface area contributed by atoms with Crippen molar-refractivity contribution in [3.8, 4) is 5.75 Å². The minimum atomic E-state index is -3.63. The van der Waals surface area contributed by atoms with Gasteiger partial charge in [-0.25, -0.2) is 0 Å². The molecule has 1 aliphatic carbocycles. The zero-order chi connectivity index (χ0) is 18.0. The summed E-state index contributed by atoms with van der Waals surface area (Å²) in [5, 5.41) is 0. The number of carbonyl (C=O) groups excluding carboxylic acids is 1. The summed E-state index contributed by atoms with van der Waals surface area (Å²) in [5.41, 5.74) is 1.40. The average molecular weight is 366 g/mol. The van der Waals surface area contributed by atoms with E-state index in [4.69, 9.17) is 4.74 Å². The lowest BCUT2D eigenvalue weighted by Gasteiger charge is -2.25. The minimum absolute atomic E-state index is 0.00424. The fourth-order valence-corrected chi connectivity index (χ4v) is 5.53. The summed E-state index contributed by atoms with van der Waals surface area (Å²) in [7, 11) is -2.04. The maximum absolute atomic E-state index is 12.9. The maximum atomic E-state index is 12.9. The van der Waals surface area contributed by atoms with Crippen LogP contribution >= 0.6 is 0 Å². The highest BCUT2D eigenvalue weighted by Gasteiger charge is 2.40. The molecular weight excluding hydrogens is 340 g/mol. The third-order valence-electron chi connectivity index (χ3n) is 5.17. The highest BCUT2D eigenvalue weighted by atomic mass is 32.2. The summed E-state index contributed by atoms with van der Waals surface area (Å²) >= 11 is 0. The number of ether oxygens (including phenoxy) is 1. The third-order valence-corrected chi connectivity index (χ3v) is 6.85. The van der Waals surface area contributed by atoms with E-state index in [1.54, 1.807) is 25.3 Å². The summed E-state index contributed by atoms with van der Waals surface area (Å²) in [5.74, 6) is 0.579. The second-order valence-corrected chi connectivity index (χ2v) is 8.58. The van der Waals surface area contributed by atoms with Crippen LogP contribution in [0.15, 0.2) is 18.2 Å². The van der Waals surface area contributed by atoms with Gasteiger partial charge in [0.2, 0.25) is 0 Å². The number of carbonyl (C=O) groups is 1. The van der Waals surface area contributed by atoms with Crippen molar-refractivity contribution in [2.45, 2.75) is 57.5 Å². The number of aryl methyl sites for hydroxylation is 1. The van der Waals surface area contributed by atoms with Crippen LogP contribution in [0.25, 0.3) is 0 Å². The molecule has 1 aromatic carbocycles. The molecule has 1 unspecified atom stereocenters. The van der Waals surface area contributed by atoms with Gasteiger partial charge in [-0.05, 0) is 56.4 Å². The van der Waals surface area contributed by atoms with Crippen LogP contribution in [-0.4, -0.2) is 44.2 Å². The monoisotopic (exact) mass is 366 g/mol. The van der Waals surface area contributed by atoms with Crippen molar-refractivity contribution in [3.63, 3.8) is 0 Å². The number of nitrogens with zero attached hydrogens (tertiary/aromatic N) is 1. The molecule has 7 heteroatoms. The second-order valence-electron chi connectivity index (χ2n) is 6.92. The van der Waals surface area contributed by atoms with Crippen molar-refractivity contribution in [1.29, 1.82) is 0 Å². The van der Waals surface area contributed by atoms with Gasteiger partial charge in [0.05, 0.1) is 13.2 Å². The van der Waals surface area contributed by atoms with Gasteiger partial charge < -0.3 is 4.74 Å². The second kappa shape index (κ2) is 7.43. The number of ketones is 1. The zero-order valence-electron chi connectivity index (χ0n) is 14.8. The molecule has 1 N–H and O–H groups in total. The molecule has 0 amide bonds. The van der Waals surface area contributed by atoms with Crippen molar-refractivity contribution >= 4 is 16.0 Å². The Hall–Kier alpha value is -1.44. The molecule has 0 spiro atoms. The van der Waals surface area contributed by atoms with Gasteiger partial charge in [0.1, 0.15) is 5.75 Å². The van der Waals surface area contributed by atoms with Crippen LogP contribution in [0.5, 0.6) is 5.75 Å². The van der Waals surface area contributed by atoms with E-state index in [-0.39, 0.29) is 11.8 Å². The molecule has 2 aliphatic rings. The number of nitrogens with one attached hydrogen (secondary N) is 1. The van der Waals surface area contributed by atoms with Gasteiger partial charge in [-0.2, -0.15) is 17.4 Å². The van der Waals surface area contributed by atoms with E-state index >= 15 is 0 Å². The maximum Gasteiger partial charge on any atom is 0.280 e. The van der Waals surface area contributed by atoms with Crippen molar-refractivity contribution in [1.82, 2.24) is 9.03 Å². The first-order chi connectivity index (χ1) is 11.9. The zero-order valence-corrected chi connectivity index (χ0v) is 15.6. The number of rotatable bonds is 6. The van der Waals surface area contributed by atoms with Crippen molar-refractivity contribution in [2.75, 3.05) is 13.7 Å². The topological polar surface area (TPSA) is 75.7 Å². The van der Waals surface area contributed by atoms with Crippen LogP contribution in [0.2, 0.25) is 0 Å². The molecule has 2 fully saturated rings. The van der Waals surface area contributed by atoms with E-state index in [1.165, 1.54) is 4.31 Å². The lowest BCUT2D eigenvalue weighted by atomic mass is 10.0. The fourth-order valence-electron chi connectivity index (χ4n) is 3.84. The molecule has 0 aromatic heterocycles. The SMILES string of the molecule is COc1ccc(C(=O)C2CCCN2S(=O)(=O)NC2CCCC2)cc1C. The quantitative estimate of drug-likeness (QED) is 0.785. The van der Waals surface area contributed by atoms with Gasteiger partial charge in [0, 0.05) is 18.2 Å². The summed E-state index contributed by atoms with van der Waals surface area (Å²) in [6, 6.07) is 4.63. The Kier molecular flexibility index (Phi) is 5.46. The first-order valence-corrected chi connectivity index (χ1v) is 10.3. The minimum Gasteiger partial charge on any atom is -0.496 e. The molecule has 1 atom stereocenters. The lowest BCUT2D eigenvalue weighted by molar-refractivity contribution is 0.0917. The molecule has 138 valence electrons. The summed E-state index contributed by atoms with van der Waals surface area (Å²) < 4.78 is 34.9. The van der Waals surface area contributed by atoms with Gasteiger partial charge in [0.15, 0.2) is 5.78 Å². The average Bonchev–Trinajstić information content (AvgIpc) is 3.25. The van der Waals surface area contributed by atoms with Crippen molar-refractivity contribution < 1.29 is 17.9 Å². The van der Waals surface area contributed by atoms with Gasteiger partial charge in [-0.1, -0.05) is 12.8 Å². The van der Waals surface area contributed by atoms with E-state index in [2.05, 4.69) is 4.72 Å². The Morgan fingerprint density at radius 1 is 1.20 bits per heavy atom. The predicted molar refractivity (Wildman–Crippen MR) is 96.1 cm³/mol. The van der Waals surface area contributed by atoms with E-state index in [0.29, 0.717) is 24.9 Å². The highest BCUT2D eigenvalue weighted by molar-refractivity contribution is 7.87. The van der Waals surface area contributed by atoms with Crippen LogP contribution in [0.4, 0.5) is 0 Å². The van der Waals surface area contributed by atoms with Gasteiger partial charge in [-0.15, -0.1) is 0 Å². The van der Waals surface area contributed by atoms with Crippen LogP contribution in [0, 0.1) is 6.92 Å². The largest absolute Gasteiger partial charge is 0.496 e. The Balaban J connectivity index is 1.78. The Morgan fingerprint density at radius 2 is 1.92 bits per heavy atom. The molecule has 1 aromatic rings. The van der Waals surface area contributed by atoms with Crippen LogP contribution in [0.3, 0.4) is 0 Å². The summed E-state index contributed by atoms with van der Waals surface area (Å²) in [6.45, 7) is 2.27. The highest BCUT2D eigenvalue weighted by Crippen LogP contribution is 2.27. The smallest absolute Gasteiger partial charge is 0.280 e. The number of Topliss-reactive ketones (excluding diaryl/α,β-unsaturated/α-hetero) is 1. The van der Waals surface area contributed by atoms with Crippen LogP contribution < -0.4 is 9.46 Å². The summed E-state index contributed by atoms with van der Waals surface area (Å²) in [6.07, 6.45) is 5.14. The van der Waals surface area contributed by atoms with Crippen molar-refractivity contribution in [3.05, 3.63) is 29.3 Å². The predicted octanol–water partition coefficient (Wildman–Crippen LogP) is 2.43. The fraction of sp³-hybridized carbons (Fsp3) is 0.611. The van der Waals surface area contributed by atoms with Crippen LogP contribution in [0.1, 0.15) is 54.4 Å². The standard InChI is InChI=1S/C18H26N2O4S/c1-13-12-14(9-10-17(13)24-2)18(21)16-8-5-11-20(16)25(22,23)19-15-6-3-4-7-15/h9-10,12,15-16,19H,3-8,11H2,1-2H3. The lowest BCUT2D eigenvalue weighted by Crippen LogP contribution is -2.48. The first-order valence-electron chi connectivity index (χ1n) is 8.90.